The average Bonchev–Trinajstić information content (AvgIpc) is 3.32. The van der Waals surface area contributed by atoms with E-state index in [9.17, 15) is 24.6 Å². The fraction of sp³-hybridized carbons (Fsp3) is 0.292. The maximum Gasteiger partial charge on any atom is 0.407 e. The van der Waals surface area contributed by atoms with Gasteiger partial charge < -0.3 is 25.0 Å². The third-order valence-corrected chi connectivity index (χ3v) is 6.30. The van der Waals surface area contributed by atoms with E-state index in [1.807, 2.05) is 48.5 Å². The Morgan fingerprint density at radius 2 is 1.71 bits per heavy atom. The van der Waals surface area contributed by atoms with Crippen LogP contribution in [0.4, 0.5) is 4.79 Å². The topological polar surface area (TPSA) is 143 Å². The molecule has 176 valence electrons. The molecule has 4 atom stereocenters. The molecular formula is C24H23N3O7. The number of carbonyl (C=O) groups excluding carboxylic acids is 1. The second-order valence-electron chi connectivity index (χ2n) is 8.25. The number of alkyl carbamates (subject to hydrolysis) is 1. The van der Waals surface area contributed by atoms with Gasteiger partial charge in [-0.05, 0) is 22.3 Å². The Labute approximate surface area is 193 Å². The summed E-state index contributed by atoms with van der Waals surface area (Å²) in [5.41, 5.74) is 2.92. The molecule has 1 amide bonds. The lowest BCUT2D eigenvalue weighted by Crippen LogP contribution is -2.48. The molecular weight excluding hydrogens is 442 g/mol. The van der Waals surface area contributed by atoms with Gasteiger partial charge in [-0.1, -0.05) is 48.5 Å². The summed E-state index contributed by atoms with van der Waals surface area (Å²) in [6.07, 6.45) is -3.12. The van der Waals surface area contributed by atoms with Gasteiger partial charge in [0.25, 0.3) is 5.56 Å². The first-order chi connectivity index (χ1) is 16.5. The van der Waals surface area contributed by atoms with Crippen LogP contribution in [-0.4, -0.2) is 57.3 Å². The molecule has 5 rings (SSSR count). The van der Waals surface area contributed by atoms with Crippen LogP contribution >= 0.6 is 0 Å². The number of hydrogen-bond donors (Lipinski definition) is 4. The predicted octanol–water partition coefficient (Wildman–Crippen LogP) is 0.694. The van der Waals surface area contributed by atoms with Gasteiger partial charge in [0.2, 0.25) is 0 Å². The molecule has 0 radical (unpaired) electrons. The molecule has 2 aliphatic rings. The van der Waals surface area contributed by atoms with E-state index in [2.05, 4.69) is 10.3 Å². The van der Waals surface area contributed by atoms with Crippen LogP contribution < -0.4 is 16.6 Å². The van der Waals surface area contributed by atoms with Gasteiger partial charge >= 0.3 is 11.8 Å². The van der Waals surface area contributed by atoms with Crippen LogP contribution in [0.25, 0.3) is 11.1 Å². The minimum absolute atomic E-state index is 0.0657. The fourth-order valence-corrected chi connectivity index (χ4v) is 4.69. The smallest absolute Gasteiger partial charge is 0.407 e. The van der Waals surface area contributed by atoms with Gasteiger partial charge in [-0.2, -0.15) is 0 Å². The minimum atomic E-state index is -1.31. The number of aromatic nitrogens is 2. The number of H-pyrrole nitrogens is 1. The highest BCUT2D eigenvalue weighted by Crippen LogP contribution is 2.44. The summed E-state index contributed by atoms with van der Waals surface area (Å²) in [6, 6.07) is 15.9. The van der Waals surface area contributed by atoms with Crippen molar-refractivity contribution in [1.29, 1.82) is 0 Å². The van der Waals surface area contributed by atoms with Crippen molar-refractivity contribution < 1.29 is 24.5 Å². The van der Waals surface area contributed by atoms with Crippen LogP contribution in [-0.2, 0) is 9.47 Å². The summed E-state index contributed by atoms with van der Waals surface area (Å²) < 4.78 is 12.1. The van der Waals surface area contributed by atoms with Crippen molar-refractivity contribution in [3.63, 3.8) is 0 Å². The number of hydrogen-bond acceptors (Lipinski definition) is 7. The second kappa shape index (κ2) is 8.90. The Balaban J connectivity index is 1.33. The Hall–Kier alpha value is -3.73. The lowest BCUT2D eigenvalue weighted by Gasteiger charge is -2.23. The minimum Gasteiger partial charge on any atom is -0.449 e. The summed E-state index contributed by atoms with van der Waals surface area (Å²) in [6.45, 7) is -0.463. The van der Waals surface area contributed by atoms with Crippen LogP contribution in [0.5, 0.6) is 0 Å². The van der Waals surface area contributed by atoms with Crippen LogP contribution in [0.2, 0.25) is 0 Å². The summed E-state index contributed by atoms with van der Waals surface area (Å²) in [5.74, 6) is -0.147. The molecule has 1 aromatic heterocycles. The molecule has 10 nitrogen and oxygen atoms in total. The van der Waals surface area contributed by atoms with E-state index >= 15 is 0 Å². The molecule has 1 saturated heterocycles. The highest BCUT2D eigenvalue weighted by Gasteiger charge is 2.46. The third kappa shape index (κ3) is 3.81. The SMILES string of the molecule is O=C(N[C@@H]1[C@H](O)[C@@H](CO)O[C@H]1n1ccc(=O)[nH]c1=O)OCC1c2ccccc2-c2ccccc21. The molecule has 34 heavy (non-hydrogen) atoms. The zero-order valence-corrected chi connectivity index (χ0v) is 18.0. The number of fused-ring (bicyclic) bond motifs is 3. The summed E-state index contributed by atoms with van der Waals surface area (Å²) in [7, 11) is 0. The van der Waals surface area contributed by atoms with E-state index in [1.165, 1.54) is 6.20 Å². The molecule has 1 aliphatic carbocycles. The molecule has 0 saturated carbocycles. The van der Waals surface area contributed by atoms with E-state index in [-0.39, 0.29) is 12.5 Å². The zero-order chi connectivity index (χ0) is 23.8. The molecule has 0 bridgehead atoms. The maximum atomic E-state index is 12.7. The van der Waals surface area contributed by atoms with E-state index in [4.69, 9.17) is 9.47 Å². The number of carbonyl (C=O) groups is 1. The largest absolute Gasteiger partial charge is 0.449 e. The van der Waals surface area contributed by atoms with Gasteiger partial charge in [-0.3, -0.25) is 14.3 Å². The molecule has 0 unspecified atom stereocenters. The standard InChI is InChI=1S/C24H23N3O7/c28-11-18-21(30)20(22(34-18)27-10-9-19(29)25-23(27)31)26-24(32)33-12-17-15-7-3-1-5-13(15)14-6-2-4-8-16(14)17/h1-10,17-18,20-22,28,30H,11-12H2,(H,26,32)(H,25,29,31)/t18-,20-,21-,22-/m1/s1. The Morgan fingerprint density at radius 3 is 2.32 bits per heavy atom. The molecule has 10 heteroatoms. The first-order valence-corrected chi connectivity index (χ1v) is 10.9. The first-order valence-electron chi connectivity index (χ1n) is 10.9. The number of nitrogens with one attached hydrogen (secondary N) is 2. The van der Waals surface area contributed by atoms with Gasteiger partial charge in [0, 0.05) is 18.2 Å². The van der Waals surface area contributed by atoms with Crippen LogP contribution in [0, 0.1) is 0 Å². The zero-order valence-electron chi connectivity index (χ0n) is 18.0. The number of aliphatic hydroxyl groups is 2. The molecule has 1 fully saturated rings. The quantitative estimate of drug-likeness (QED) is 0.434. The van der Waals surface area contributed by atoms with Gasteiger partial charge in [-0.25, -0.2) is 9.59 Å². The molecule has 2 heterocycles. The van der Waals surface area contributed by atoms with Crippen molar-refractivity contribution in [3.05, 3.63) is 92.8 Å². The number of amides is 1. The monoisotopic (exact) mass is 465 g/mol. The number of ether oxygens (including phenoxy) is 2. The number of rotatable bonds is 5. The Morgan fingerprint density at radius 1 is 1.06 bits per heavy atom. The number of nitrogens with zero attached hydrogens (tertiary/aromatic N) is 1. The first kappa shape index (κ1) is 22.1. The lowest BCUT2D eigenvalue weighted by molar-refractivity contribution is -0.0469. The lowest BCUT2D eigenvalue weighted by atomic mass is 9.98. The summed E-state index contributed by atoms with van der Waals surface area (Å²) in [5, 5.41) is 22.7. The summed E-state index contributed by atoms with van der Waals surface area (Å²) >= 11 is 0. The highest BCUT2D eigenvalue weighted by atomic mass is 16.6. The van der Waals surface area contributed by atoms with Crippen molar-refractivity contribution >= 4 is 6.09 Å². The van der Waals surface area contributed by atoms with Crippen LogP contribution in [0.1, 0.15) is 23.3 Å². The predicted molar refractivity (Wildman–Crippen MR) is 120 cm³/mol. The van der Waals surface area contributed by atoms with Crippen LogP contribution in [0.15, 0.2) is 70.4 Å². The Kier molecular flexibility index (Phi) is 5.78. The molecule has 3 aromatic rings. The van der Waals surface area contributed by atoms with Crippen molar-refractivity contribution in [2.24, 2.45) is 0 Å². The van der Waals surface area contributed by atoms with Crippen molar-refractivity contribution in [2.75, 3.05) is 13.2 Å². The van der Waals surface area contributed by atoms with E-state index in [0.717, 1.165) is 32.9 Å². The average molecular weight is 465 g/mol. The van der Waals surface area contributed by atoms with Crippen molar-refractivity contribution in [2.45, 2.75) is 30.4 Å². The van der Waals surface area contributed by atoms with E-state index < -0.39 is 48.4 Å². The second-order valence-corrected chi connectivity index (χ2v) is 8.25. The van der Waals surface area contributed by atoms with Crippen molar-refractivity contribution in [1.82, 2.24) is 14.9 Å². The van der Waals surface area contributed by atoms with E-state index in [0.29, 0.717) is 0 Å². The van der Waals surface area contributed by atoms with Gasteiger partial charge in [0.1, 0.15) is 24.9 Å². The normalized spacial score (nSPS) is 23.4. The van der Waals surface area contributed by atoms with Gasteiger partial charge in [0.15, 0.2) is 6.23 Å². The highest BCUT2D eigenvalue weighted by molar-refractivity contribution is 5.79. The van der Waals surface area contributed by atoms with Gasteiger partial charge in [0.05, 0.1) is 6.61 Å². The maximum absolute atomic E-state index is 12.7. The van der Waals surface area contributed by atoms with Gasteiger partial charge in [-0.15, -0.1) is 0 Å². The fourth-order valence-electron chi connectivity index (χ4n) is 4.69. The summed E-state index contributed by atoms with van der Waals surface area (Å²) in [4.78, 5) is 38.5. The van der Waals surface area contributed by atoms with E-state index in [1.54, 1.807) is 0 Å². The number of aliphatic hydroxyl groups excluding tert-OH is 2. The Bertz CT molecular complexity index is 1290. The number of aromatic amines is 1. The number of benzene rings is 2. The third-order valence-electron chi connectivity index (χ3n) is 6.30. The molecule has 0 spiro atoms. The molecule has 2 aromatic carbocycles. The molecule has 1 aliphatic heterocycles. The van der Waals surface area contributed by atoms with Crippen LogP contribution in [0.3, 0.4) is 0 Å². The van der Waals surface area contributed by atoms with Crippen molar-refractivity contribution in [3.8, 4) is 11.1 Å². The molecule has 4 N–H and O–H groups in total.